The van der Waals surface area contributed by atoms with Gasteiger partial charge in [0.2, 0.25) is 10.0 Å². The van der Waals surface area contributed by atoms with Gasteiger partial charge in [0.15, 0.2) is 0 Å². The Kier molecular flexibility index (Phi) is 5.54. The summed E-state index contributed by atoms with van der Waals surface area (Å²) < 4.78 is 26.8. The molecule has 0 bridgehead atoms. The molecule has 0 spiro atoms. The molecule has 24 heavy (non-hydrogen) atoms. The van der Waals surface area contributed by atoms with Gasteiger partial charge < -0.3 is 10.4 Å². The van der Waals surface area contributed by atoms with Crippen molar-refractivity contribution < 1.29 is 13.5 Å². The Labute approximate surface area is 156 Å². The number of rotatable bonds is 3. The van der Waals surface area contributed by atoms with Crippen molar-refractivity contribution in [3.63, 3.8) is 0 Å². The van der Waals surface area contributed by atoms with E-state index in [1.165, 1.54) is 6.07 Å². The second-order valence-corrected chi connectivity index (χ2v) is 9.63. The van der Waals surface area contributed by atoms with Crippen molar-refractivity contribution >= 4 is 44.8 Å². The largest absolute Gasteiger partial charge is 0.508 e. The molecule has 2 heterocycles. The van der Waals surface area contributed by atoms with Crippen LogP contribution in [-0.4, -0.2) is 49.3 Å². The van der Waals surface area contributed by atoms with E-state index in [1.807, 2.05) is 0 Å². The third kappa shape index (κ3) is 3.37. The maximum absolute atomic E-state index is 12.6. The van der Waals surface area contributed by atoms with Crippen molar-refractivity contribution in [1.29, 1.82) is 0 Å². The maximum Gasteiger partial charge on any atom is 0.218 e. The zero-order valence-corrected chi connectivity index (χ0v) is 16.0. The van der Waals surface area contributed by atoms with Gasteiger partial charge in [-0.1, -0.05) is 34.8 Å². The van der Waals surface area contributed by atoms with Gasteiger partial charge in [0.05, 0.1) is 20.3 Å². The minimum atomic E-state index is -3.27. The van der Waals surface area contributed by atoms with Gasteiger partial charge in [0.25, 0.3) is 0 Å². The lowest BCUT2D eigenvalue weighted by Gasteiger charge is -2.33. The highest BCUT2D eigenvalue weighted by molar-refractivity contribution is 7.89. The van der Waals surface area contributed by atoms with E-state index in [0.29, 0.717) is 44.5 Å². The number of benzene rings is 1. The SMILES string of the molecule is O=S(=O)(C1CCNC1)N1CCC(c2c(O)cc(Cl)c(Cl)c2Cl)CC1. The molecule has 9 heteroatoms. The van der Waals surface area contributed by atoms with Crippen LogP contribution in [0.2, 0.25) is 15.1 Å². The number of aromatic hydroxyl groups is 1. The third-order valence-electron chi connectivity index (χ3n) is 4.84. The van der Waals surface area contributed by atoms with Gasteiger partial charge >= 0.3 is 0 Å². The number of halogens is 3. The van der Waals surface area contributed by atoms with Crippen LogP contribution in [0.4, 0.5) is 0 Å². The van der Waals surface area contributed by atoms with Crippen LogP contribution in [0.5, 0.6) is 5.75 Å². The standard InChI is InChI=1S/C15H19Cl3N2O3S/c16-11-7-12(21)13(15(18)14(11)17)9-2-5-20(6-3-9)24(22,23)10-1-4-19-8-10/h7,9-10,19,21H,1-6,8H2. The van der Waals surface area contributed by atoms with Crippen LogP contribution < -0.4 is 5.32 Å². The number of sulfonamides is 1. The summed E-state index contributed by atoms with van der Waals surface area (Å²) in [5.74, 6) is -0.0314. The van der Waals surface area contributed by atoms with Crippen LogP contribution in [0.15, 0.2) is 6.07 Å². The van der Waals surface area contributed by atoms with Gasteiger partial charge in [0.1, 0.15) is 5.75 Å². The zero-order chi connectivity index (χ0) is 17.5. The van der Waals surface area contributed by atoms with Crippen molar-refractivity contribution in [1.82, 2.24) is 9.62 Å². The predicted octanol–water partition coefficient (Wildman–Crippen LogP) is 3.22. The molecule has 1 aromatic rings. The minimum Gasteiger partial charge on any atom is -0.508 e. The first-order valence-corrected chi connectivity index (χ1v) is 10.5. The molecule has 2 aliphatic rings. The number of nitrogens with zero attached hydrogens (tertiary/aromatic N) is 1. The summed E-state index contributed by atoms with van der Waals surface area (Å²) in [5, 5.41) is 13.6. The number of piperidine rings is 1. The number of phenols is 1. The summed E-state index contributed by atoms with van der Waals surface area (Å²) in [6.07, 6.45) is 1.83. The van der Waals surface area contributed by atoms with E-state index in [9.17, 15) is 13.5 Å². The normalized spacial score (nSPS) is 23.7. The summed E-state index contributed by atoms with van der Waals surface area (Å²) >= 11 is 18.2. The van der Waals surface area contributed by atoms with Crippen molar-refractivity contribution in [2.24, 2.45) is 0 Å². The lowest BCUT2D eigenvalue weighted by molar-refractivity contribution is 0.312. The molecule has 0 aromatic heterocycles. The molecular weight excluding hydrogens is 395 g/mol. The molecular formula is C15H19Cl3N2O3S. The molecule has 5 nitrogen and oxygen atoms in total. The predicted molar refractivity (Wildman–Crippen MR) is 96.9 cm³/mol. The Morgan fingerprint density at radius 1 is 1.12 bits per heavy atom. The molecule has 2 fully saturated rings. The molecule has 2 aliphatic heterocycles. The molecule has 134 valence electrons. The summed E-state index contributed by atoms with van der Waals surface area (Å²) in [6.45, 7) is 2.09. The molecule has 0 radical (unpaired) electrons. The van der Waals surface area contributed by atoms with Crippen molar-refractivity contribution in [2.75, 3.05) is 26.2 Å². The van der Waals surface area contributed by atoms with E-state index in [4.69, 9.17) is 34.8 Å². The molecule has 2 saturated heterocycles. The minimum absolute atomic E-state index is 0.00991. The fourth-order valence-electron chi connectivity index (χ4n) is 3.48. The Morgan fingerprint density at radius 2 is 1.79 bits per heavy atom. The number of phenolic OH excluding ortho intramolecular Hbond substituents is 1. The van der Waals surface area contributed by atoms with E-state index < -0.39 is 10.0 Å². The van der Waals surface area contributed by atoms with Gasteiger partial charge in [-0.2, -0.15) is 0 Å². The molecule has 0 aliphatic carbocycles. The summed E-state index contributed by atoms with van der Waals surface area (Å²) in [5.41, 5.74) is 0.561. The van der Waals surface area contributed by atoms with Crippen molar-refractivity contribution in [3.05, 3.63) is 26.7 Å². The Balaban J connectivity index is 1.75. The average Bonchev–Trinajstić information content (AvgIpc) is 3.08. The fraction of sp³-hybridized carbons (Fsp3) is 0.600. The van der Waals surface area contributed by atoms with Crippen molar-refractivity contribution in [2.45, 2.75) is 30.4 Å². The fourth-order valence-corrected chi connectivity index (χ4v) is 6.12. The number of hydrogen-bond acceptors (Lipinski definition) is 4. The van der Waals surface area contributed by atoms with Crippen LogP contribution >= 0.6 is 34.8 Å². The van der Waals surface area contributed by atoms with Gasteiger partial charge in [-0.25, -0.2) is 12.7 Å². The highest BCUT2D eigenvalue weighted by atomic mass is 35.5. The first kappa shape index (κ1) is 18.5. The van der Waals surface area contributed by atoms with Crippen LogP contribution in [-0.2, 0) is 10.0 Å². The van der Waals surface area contributed by atoms with Crippen LogP contribution in [0.1, 0.15) is 30.7 Å². The lowest BCUT2D eigenvalue weighted by atomic mass is 9.89. The molecule has 1 unspecified atom stereocenters. The molecule has 2 N–H and O–H groups in total. The van der Waals surface area contributed by atoms with E-state index >= 15 is 0 Å². The Bertz CT molecular complexity index is 728. The summed E-state index contributed by atoms with van der Waals surface area (Å²) in [4.78, 5) is 0. The van der Waals surface area contributed by atoms with E-state index in [-0.39, 0.29) is 32.0 Å². The van der Waals surface area contributed by atoms with Gasteiger partial charge in [-0.3, -0.25) is 0 Å². The molecule has 0 amide bonds. The first-order valence-electron chi connectivity index (χ1n) is 7.88. The number of nitrogens with one attached hydrogen (secondary N) is 1. The molecule has 1 atom stereocenters. The average molecular weight is 414 g/mol. The highest BCUT2D eigenvalue weighted by Crippen LogP contribution is 2.45. The first-order chi connectivity index (χ1) is 11.3. The highest BCUT2D eigenvalue weighted by Gasteiger charge is 2.37. The summed E-state index contributed by atoms with van der Waals surface area (Å²) in [7, 11) is -3.27. The second kappa shape index (κ2) is 7.17. The molecule has 1 aromatic carbocycles. The zero-order valence-electron chi connectivity index (χ0n) is 12.9. The van der Waals surface area contributed by atoms with E-state index in [2.05, 4.69) is 5.32 Å². The second-order valence-electron chi connectivity index (χ2n) is 6.25. The van der Waals surface area contributed by atoms with Crippen molar-refractivity contribution in [3.8, 4) is 5.75 Å². The Hall–Kier alpha value is -0.240. The van der Waals surface area contributed by atoms with E-state index in [0.717, 1.165) is 6.54 Å². The third-order valence-corrected chi connectivity index (χ3v) is 8.44. The summed E-state index contributed by atoms with van der Waals surface area (Å²) in [6, 6.07) is 1.39. The van der Waals surface area contributed by atoms with Crippen LogP contribution in [0, 0.1) is 0 Å². The smallest absolute Gasteiger partial charge is 0.218 e. The monoisotopic (exact) mass is 412 g/mol. The van der Waals surface area contributed by atoms with Gasteiger partial charge in [-0.15, -0.1) is 0 Å². The lowest BCUT2D eigenvalue weighted by Crippen LogP contribution is -2.43. The quantitative estimate of drug-likeness (QED) is 0.747. The van der Waals surface area contributed by atoms with Gasteiger partial charge in [-0.05, 0) is 31.7 Å². The van der Waals surface area contributed by atoms with Crippen LogP contribution in [0.25, 0.3) is 0 Å². The molecule has 0 saturated carbocycles. The van der Waals surface area contributed by atoms with E-state index in [1.54, 1.807) is 4.31 Å². The van der Waals surface area contributed by atoms with Crippen LogP contribution in [0.3, 0.4) is 0 Å². The number of hydrogen-bond donors (Lipinski definition) is 2. The molecule has 3 rings (SSSR count). The Morgan fingerprint density at radius 3 is 2.38 bits per heavy atom. The maximum atomic E-state index is 12.6. The topological polar surface area (TPSA) is 69.6 Å². The van der Waals surface area contributed by atoms with Gasteiger partial charge in [0, 0.05) is 31.3 Å².